The topological polar surface area (TPSA) is 95.6 Å². The van der Waals surface area contributed by atoms with Gasteiger partial charge in [-0.05, 0) is 37.0 Å². The van der Waals surface area contributed by atoms with E-state index < -0.39 is 12.1 Å². The number of carbonyl (C=O) groups excluding carboxylic acids is 1. The fourth-order valence-corrected chi connectivity index (χ4v) is 2.55. The molecule has 1 aromatic rings. The number of aliphatic hydroxyl groups excluding tert-OH is 1. The number of nitrogens with two attached hydrogens (primary N) is 1. The number of rotatable bonds is 4. The number of hydrogen-bond donors (Lipinski definition) is 4. The number of phenols is 1. The van der Waals surface area contributed by atoms with Crippen LogP contribution in [0.2, 0.25) is 0 Å². The van der Waals surface area contributed by atoms with Crippen molar-refractivity contribution in [3.63, 3.8) is 0 Å². The summed E-state index contributed by atoms with van der Waals surface area (Å²) in [5, 5.41) is 21.9. The monoisotopic (exact) mass is 278 g/mol. The standard InChI is InChI=1S/C15H22N2O3/c16-12(9-10-5-7-11(18)8-6-10)15(20)17-13-3-1-2-4-14(13)19/h5-8,12-14,18-19H,1-4,9,16H2,(H,17,20)/t12-,13?,14?/m1/s1. The quantitative estimate of drug-likeness (QED) is 0.651. The summed E-state index contributed by atoms with van der Waals surface area (Å²) < 4.78 is 0. The maximum Gasteiger partial charge on any atom is 0.237 e. The van der Waals surface area contributed by atoms with Gasteiger partial charge in [0, 0.05) is 0 Å². The number of aliphatic hydroxyl groups is 1. The normalized spacial score (nSPS) is 24.1. The molecule has 1 amide bonds. The first-order chi connectivity index (χ1) is 9.56. The first kappa shape index (κ1) is 14.8. The molecule has 0 spiro atoms. The number of nitrogens with one attached hydrogen (secondary N) is 1. The highest BCUT2D eigenvalue weighted by Crippen LogP contribution is 2.18. The summed E-state index contributed by atoms with van der Waals surface area (Å²) >= 11 is 0. The predicted octanol–water partition coefficient (Wildman–Crippen LogP) is 0.682. The third-order valence-corrected chi connectivity index (χ3v) is 3.79. The molecule has 0 aliphatic heterocycles. The summed E-state index contributed by atoms with van der Waals surface area (Å²) in [6.45, 7) is 0. The van der Waals surface area contributed by atoms with Crippen LogP contribution in [0.5, 0.6) is 5.75 Å². The van der Waals surface area contributed by atoms with Gasteiger partial charge in [0.1, 0.15) is 5.75 Å². The Bertz CT molecular complexity index is 447. The minimum absolute atomic E-state index is 0.179. The molecule has 0 aromatic heterocycles. The largest absolute Gasteiger partial charge is 0.508 e. The van der Waals surface area contributed by atoms with Gasteiger partial charge in [0.2, 0.25) is 5.91 Å². The molecule has 0 bridgehead atoms. The van der Waals surface area contributed by atoms with Gasteiger partial charge >= 0.3 is 0 Å². The zero-order chi connectivity index (χ0) is 14.5. The lowest BCUT2D eigenvalue weighted by Gasteiger charge is -2.29. The van der Waals surface area contributed by atoms with E-state index in [0.717, 1.165) is 31.2 Å². The third kappa shape index (κ3) is 3.95. The van der Waals surface area contributed by atoms with Crippen LogP contribution in [0.25, 0.3) is 0 Å². The third-order valence-electron chi connectivity index (χ3n) is 3.79. The molecule has 5 heteroatoms. The van der Waals surface area contributed by atoms with Crippen molar-refractivity contribution >= 4 is 5.91 Å². The van der Waals surface area contributed by atoms with Crippen LogP contribution in [0.3, 0.4) is 0 Å². The van der Waals surface area contributed by atoms with Crippen molar-refractivity contribution in [3.8, 4) is 5.75 Å². The molecule has 1 aliphatic rings. The van der Waals surface area contributed by atoms with E-state index in [1.54, 1.807) is 24.3 Å². The van der Waals surface area contributed by atoms with Crippen LogP contribution in [0, 0.1) is 0 Å². The molecule has 1 aromatic carbocycles. The molecule has 0 saturated heterocycles. The molecule has 2 rings (SSSR count). The molecule has 0 heterocycles. The van der Waals surface area contributed by atoms with Crippen LogP contribution in [-0.2, 0) is 11.2 Å². The molecule has 110 valence electrons. The Hall–Kier alpha value is -1.59. The number of carbonyl (C=O) groups is 1. The summed E-state index contributed by atoms with van der Waals surface area (Å²) in [7, 11) is 0. The summed E-state index contributed by atoms with van der Waals surface area (Å²) in [5.74, 6) is -0.0406. The van der Waals surface area contributed by atoms with Gasteiger partial charge in [0.25, 0.3) is 0 Å². The highest BCUT2D eigenvalue weighted by atomic mass is 16.3. The second-order valence-electron chi connectivity index (χ2n) is 5.44. The van der Waals surface area contributed by atoms with E-state index in [4.69, 9.17) is 5.73 Å². The van der Waals surface area contributed by atoms with E-state index in [-0.39, 0.29) is 17.7 Å². The zero-order valence-corrected chi connectivity index (χ0v) is 11.5. The molecule has 1 fully saturated rings. The molecule has 1 aliphatic carbocycles. The number of phenolic OH excluding ortho intramolecular Hbond substituents is 1. The van der Waals surface area contributed by atoms with Crippen molar-refractivity contribution in [2.45, 2.75) is 50.3 Å². The Morgan fingerprint density at radius 2 is 1.95 bits per heavy atom. The lowest BCUT2D eigenvalue weighted by Crippen LogP contribution is -2.51. The lowest BCUT2D eigenvalue weighted by molar-refractivity contribution is -0.124. The second-order valence-corrected chi connectivity index (χ2v) is 5.44. The minimum atomic E-state index is -0.645. The Morgan fingerprint density at radius 3 is 2.60 bits per heavy atom. The van der Waals surface area contributed by atoms with E-state index in [1.807, 2.05) is 0 Å². The fourth-order valence-electron chi connectivity index (χ4n) is 2.55. The van der Waals surface area contributed by atoms with Crippen molar-refractivity contribution in [1.82, 2.24) is 5.32 Å². The molecule has 1 saturated carbocycles. The number of aromatic hydroxyl groups is 1. The number of hydrogen-bond acceptors (Lipinski definition) is 4. The second kappa shape index (κ2) is 6.72. The van der Waals surface area contributed by atoms with Crippen molar-refractivity contribution in [3.05, 3.63) is 29.8 Å². The summed E-state index contributed by atoms with van der Waals surface area (Å²) in [4.78, 5) is 12.0. The SMILES string of the molecule is N[C@H](Cc1ccc(O)cc1)C(=O)NC1CCCCC1O. The van der Waals surface area contributed by atoms with Crippen molar-refractivity contribution in [2.24, 2.45) is 5.73 Å². The van der Waals surface area contributed by atoms with E-state index in [9.17, 15) is 15.0 Å². The highest BCUT2D eigenvalue weighted by molar-refractivity contribution is 5.82. The lowest BCUT2D eigenvalue weighted by atomic mass is 9.92. The molecule has 2 unspecified atom stereocenters. The van der Waals surface area contributed by atoms with E-state index in [1.165, 1.54) is 0 Å². The van der Waals surface area contributed by atoms with Gasteiger partial charge < -0.3 is 21.3 Å². The first-order valence-electron chi connectivity index (χ1n) is 7.08. The van der Waals surface area contributed by atoms with Crippen molar-refractivity contribution < 1.29 is 15.0 Å². The van der Waals surface area contributed by atoms with Gasteiger partial charge in [-0.25, -0.2) is 0 Å². The first-order valence-corrected chi connectivity index (χ1v) is 7.08. The average Bonchev–Trinajstić information content (AvgIpc) is 2.44. The molecule has 3 atom stereocenters. The number of amides is 1. The Balaban J connectivity index is 1.86. The smallest absolute Gasteiger partial charge is 0.237 e. The molecule has 5 nitrogen and oxygen atoms in total. The maximum atomic E-state index is 12.0. The summed E-state index contributed by atoms with van der Waals surface area (Å²) in [5.41, 5.74) is 6.79. The molecule has 5 N–H and O–H groups in total. The van der Waals surface area contributed by atoms with Gasteiger partial charge in [-0.15, -0.1) is 0 Å². The van der Waals surface area contributed by atoms with Gasteiger partial charge in [-0.3, -0.25) is 4.79 Å². The fraction of sp³-hybridized carbons (Fsp3) is 0.533. The van der Waals surface area contributed by atoms with E-state index in [2.05, 4.69) is 5.32 Å². The molecule has 0 radical (unpaired) electrons. The van der Waals surface area contributed by atoms with E-state index >= 15 is 0 Å². The molecular formula is C15H22N2O3. The molecular weight excluding hydrogens is 256 g/mol. The average molecular weight is 278 g/mol. The Kier molecular flexibility index (Phi) is 4.98. The van der Waals surface area contributed by atoms with Gasteiger partial charge in [-0.2, -0.15) is 0 Å². The van der Waals surface area contributed by atoms with Crippen molar-refractivity contribution in [2.75, 3.05) is 0 Å². The van der Waals surface area contributed by atoms with Crippen LogP contribution < -0.4 is 11.1 Å². The van der Waals surface area contributed by atoms with Crippen LogP contribution >= 0.6 is 0 Å². The van der Waals surface area contributed by atoms with Gasteiger partial charge in [0.15, 0.2) is 0 Å². The molecule has 20 heavy (non-hydrogen) atoms. The Morgan fingerprint density at radius 1 is 1.30 bits per heavy atom. The van der Waals surface area contributed by atoms with Crippen LogP contribution in [0.4, 0.5) is 0 Å². The summed E-state index contributed by atoms with van der Waals surface area (Å²) in [6.07, 6.45) is 3.52. The van der Waals surface area contributed by atoms with Gasteiger partial charge in [0.05, 0.1) is 18.2 Å². The zero-order valence-electron chi connectivity index (χ0n) is 11.5. The minimum Gasteiger partial charge on any atom is -0.508 e. The highest BCUT2D eigenvalue weighted by Gasteiger charge is 2.26. The van der Waals surface area contributed by atoms with Crippen molar-refractivity contribution in [1.29, 1.82) is 0 Å². The van der Waals surface area contributed by atoms with E-state index in [0.29, 0.717) is 6.42 Å². The number of benzene rings is 1. The van der Waals surface area contributed by atoms with Crippen LogP contribution in [0.15, 0.2) is 24.3 Å². The summed E-state index contributed by atoms with van der Waals surface area (Å²) in [6, 6.07) is 5.82. The predicted molar refractivity (Wildman–Crippen MR) is 76.2 cm³/mol. The Labute approximate surface area is 118 Å². The van der Waals surface area contributed by atoms with Crippen LogP contribution in [-0.4, -0.2) is 34.3 Å². The maximum absolute atomic E-state index is 12.0. The van der Waals surface area contributed by atoms with Gasteiger partial charge in [-0.1, -0.05) is 25.0 Å². The van der Waals surface area contributed by atoms with Crippen LogP contribution in [0.1, 0.15) is 31.2 Å².